The Morgan fingerprint density at radius 2 is 1.93 bits per heavy atom. The van der Waals surface area contributed by atoms with E-state index in [0.29, 0.717) is 0 Å². The van der Waals surface area contributed by atoms with Crippen molar-refractivity contribution in [2.45, 2.75) is 13.0 Å². The van der Waals surface area contributed by atoms with Crippen molar-refractivity contribution >= 4 is 27.3 Å². The van der Waals surface area contributed by atoms with Crippen LogP contribution in [0.15, 0.2) is 40.2 Å². The maximum absolute atomic E-state index is 6.22. The highest BCUT2D eigenvalue weighted by molar-refractivity contribution is 9.11. The molecule has 0 aliphatic rings. The zero-order valence-electron chi connectivity index (χ0n) is 8.41. The Hall–Kier alpha value is -0.640. The van der Waals surface area contributed by atoms with Gasteiger partial charge in [-0.2, -0.15) is 0 Å². The summed E-state index contributed by atoms with van der Waals surface area (Å²) in [6, 6.07) is 12.4. The maximum Gasteiger partial charge on any atom is 0.0702 e. The minimum absolute atomic E-state index is 0.0116. The van der Waals surface area contributed by atoms with Crippen molar-refractivity contribution in [2.75, 3.05) is 0 Å². The first kappa shape index (κ1) is 10.9. The summed E-state index contributed by atoms with van der Waals surface area (Å²) in [6.07, 6.45) is 0. The predicted octanol–water partition coefficient (Wildman–Crippen LogP) is 3.87. The Morgan fingerprint density at radius 1 is 1.20 bits per heavy atom. The van der Waals surface area contributed by atoms with Crippen LogP contribution >= 0.6 is 27.3 Å². The van der Waals surface area contributed by atoms with Crippen LogP contribution in [-0.4, -0.2) is 0 Å². The van der Waals surface area contributed by atoms with Crippen LogP contribution in [-0.2, 0) is 0 Å². The van der Waals surface area contributed by atoms with Crippen molar-refractivity contribution in [3.63, 3.8) is 0 Å². The summed E-state index contributed by atoms with van der Waals surface area (Å²) in [7, 11) is 0. The molecule has 0 aliphatic heterocycles. The average molecular weight is 282 g/mol. The first-order valence-electron chi connectivity index (χ1n) is 4.75. The molecule has 1 heterocycles. The summed E-state index contributed by atoms with van der Waals surface area (Å²) >= 11 is 5.15. The molecule has 0 fully saturated rings. The molecule has 2 aromatic rings. The van der Waals surface area contributed by atoms with E-state index in [4.69, 9.17) is 5.73 Å². The molecule has 2 rings (SSSR count). The third-order valence-corrected chi connectivity index (χ3v) is 4.13. The van der Waals surface area contributed by atoms with Crippen molar-refractivity contribution in [2.24, 2.45) is 5.73 Å². The molecule has 0 radical (unpaired) electrons. The molecule has 0 aliphatic carbocycles. The summed E-state index contributed by atoms with van der Waals surface area (Å²) in [5, 5.41) is 0. The SMILES string of the molecule is Cc1ccccc1C(N)c1ccc(Br)s1. The van der Waals surface area contributed by atoms with E-state index in [9.17, 15) is 0 Å². The van der Waals surface area contributed by atoms with Crippen LogP contribution in [0.4, 0.5) is 0 Å². The molecule has 78 valence electrons. The van der Waals surface area contributed by atoms with E-state index in [1.807, 2.05) is 18.2 Å². The molecule has 2 N–H and O–H groups in total. The highest BCUT2D eigenvalue weighted by Gasteiger charge is 2.12. The predicted molar refractivity (Wildman–Crippen MR) is 69.2 cm³/mol. The van der Waals surface area contributed by atoms with Crippen molar-refractivity contribution in [1.29, 1.82) is 0 Å². The smallest absolute Gasteiger partial charge is 0.0702 e. The zero-order valence-corrected chi connectivity index (χ0v) is 10.8. The van der Waals surface area contributed by atoms with Gasteiger partial charge in [-0.25, -0.2) is 0 Å². The molecule has 3 heteroatoms. The Labute approximate surface area is 102 Å². The number of thiophene rings is 1. The second-order valence-corrected chi connectivity index (χ2v) is 5.97. The Bertz CT molecular complexity index is 464. The Balaban J connectivity index is 2.36. The van der Waals surface area contributed by atoms with E-state index in [1.165, 1.54) is 16.0 Å². The molecule has 0 saturated carbocycles. The van der Waals surface area contributed by atoms with Crippen LogP contribution in [0.3, 0.4) is 0 Å². The normalized spacial score (nSPS) is 12.7. The standard InChI is InChI=1S/C12H12BrNS/c1-8-4-2-3-5-9(8)12(14)10-6-7-11(13)15-10/h2-7,12H,14H2,1H3. The average Bonchev–Trinajstić information content (AvgIpc) is 2.65. The quantitative estimate of drug-likeness (QED) is 0.889. The third-order valence-electron chi connectivity index (χ3n) is 2.42. The fourth-order valence-corrected chi connectivity index (χ4v) is 3.03. The van der Waals surface area contributed by atoms with Gasteiger partial charge in [-0.3, -0.25) is 0 Å². The van der Waals surface area contributed by atoms with E-state index in [-0.39, 0.29) is 6.04 Å². The number of aryl methyl sites for hydroxylation is 1. The van der Waals surface area contributed by atoms with Gasteiger partial charge in [-0.1, -0.05) is 24.3 Å². The second kappa shape index (κ2) is 4.47. The summed E-state index contributed by atoms with van der Waals surface area (Å²) in [5.74, 6) is 0. The van der Waals surface area contributed by atoms with E-state index in [1.54, 1.807) is 11.3 Å². The van der Waals surface area contributed by atoms with Gasteiger partial charge in [-0.15, -0.1) is 11.3 Å². The monoisotopic (exact) mass is 281 g/mol. The van der Waals surface area contributed by atoms with Gasteiger partial charge in [-0.05, 0) is 46.1 Å². The topological polar surface area (TPSA) is 26.0 Å². The molecule has 1 atom stereocenters. The molecule has 0 bridgehead atoms. The first-order chi connectivity index (χ1) is 7.18. The lowest BCUT2D eigenvalue weighted by atomic mass is 10.0. The molecular formula is C12H12BrNS. The second-order valence-electron chi connectivity index (χ2n) is 3.48. The molecule has 1 aromatic heterocycles. The number of hydrogen-bond acceptors (Lipinski definition) is 2. The van der Waals surface area contributed by atoms with Crippen molar-refractivity contribution < 1.29 is 0 Å². The fraction of sp³-hybridized carbons (Fsp3) is 0.167. The van der Waals surface area contributed by atoms with Gasteiger partial charge in [0.15, 0.2) is 0 Å². The van der Waals surface area contributed by atoms with Crippen LogP contribution in [0.1, 0.15) is 22.0 Å². The van der Waals surface area contributed by atoms with Gasteiger partial charge >= 0.3 is 0 Å². The summed E-state index contributed by atoms with van der Waals surface area (Å²) in [4.78, 5) is 1.19. The van der Waals surface area contributed by atoms with Crippen molar-refractivity contribution in [1.82, 2.24) is 0 Å². The van der Waals surface area contributed by atoms with Crippen LogP contribution < -0.4 is 5.73 Å². The molecule has 1 aromatic carbocycles. The van der Waals surface area contributed by atoms with Gasteiger partial charge in [0.05, 0.1) is 9.83 Å². The highest BCUT2D eigenvalue weighted by Crippen LogP contribution is 2.30. The molecule has 0 spiro atoms. The van der Waals surface area contributed by atoms with Gasteiger partial charge in [0.2, 0.25) is 0 Å². The summed E-state index contributed by atoms with van der Waals surface area (Å²) in [5.41, 5.74) is 8.67. The minimum Gasteiger partial charge on any atom is -0.320 e. The molecule has 1 unspecified atom stereocenters. The van der Waals surface area contributed by atoms with Crippen LogP contribution in [0.5, 0.6) is 0 Å². The first-order valence-corrected chi connectivity index (χ1v) is 6.36. The molecular weight excluding hydrogens is 270 g/mol. The van der Waals surface area contributed by atoms with Crippen LogP contribution in [0.25, 0.3) is 0 Å². The maximum atomic E-state index is 6.22. The van der Waals surface area contributed by atoms with Crippen molar-refractivity contribution in [3.8, 4) is 0 Å². The summed E-state index contributed by atoms with van der Waals surface area (Å²) in [6.45, 7) is 2.10. The molecule has 0 saturated heterocycles. The number of benzene rings is 1. The Kier molecular flexibility index (Phi) is 3.24. The third kappa shape index (κ3) is 2.30. The molecule has 0 amide bonds. The largest absolute Gasteiger partial charge is 0.320 e. The van der Waals surface area contributed by atoms with Crippen LogP contribution in [0.2, 0.25) is 0 Å². The van der Waals surface area contributed by atoms with E-state index in [2.05, 4.69) is 41.1 Å². The van der Waals surface area contributed by atoms with E-state index < -0.39 is 0 Å². The lowest BCUT2D eigenvalue weighted by Gasteiger charge is -2.12. The van der Waals surface area contributed by atoms with Gasteiger partial charge in [0.25, 0.3) is 0 Å². The fourth-order valence-electron chi connectivity index (χ4n) is 1.58. The number of hydrogen-bond donors (Lipinski definition) is 1. The molecule has 1 nitrogen and oxygen atoms in total. The lowest BCUT2D eigenvalue weighted by Crippen LogP contribution is -2.11. The lowest BCUT2D eigenvalue weighted by molar-refractivity contribution is 0.882. The van der Waals surface area contributed by atoms with Gasteiger partial charge < -0.3 is 5.73 Å². The number of nitrogens with two attached hydrogens (primary N) is 1. The van der Waals surface area contributed by atoms with E-state index >= 15 is 0 Å². The minimum atomic E-state index is -0.0116. The van der Waals surface area contributed by atoms with Crippen LogP contribution in [0, 0.1) is 6.92 Å². The molecule has 15 heavy (non-hydrogen) atoms. The van der Waals surface area contributed by atoms with Gasteiger partial charge in [0, 0.05) is 4.88 Å². The summed E-state index contributed by atoms with van der Waals surface area (Å²) < 4.78 is 1.13. The number of halogens is 1. The number of rotatable bonds is 2. The van der Waals surface area contributed by atoms with Crippen molar-refractivity contribution in [3.05, 3.63) is 56.2 Å². The highest BCUT2D eigenvalue weighted by atomic mass is 79.9. The van der Waals surface area contributed by atoms with E-state index in [0.717, 1.165) is 3.79 Å². The zero-order chi connectivity index (χ0) is 10.8. The Morgan fingerprint density at radius 3 is 2.53 bits per heavy atom. The van der Waals surface area contributed by atoms with Gasteiger partial charge in [0.1, 0.15) is 0 Å².